The second kappa shape index (κ2) is 4.70. The van der Waals surface area contributed by atoms with Crippen LogP contribution in [0.5, 0.6) is 0 Å². The number of rotatable bonds is 2. The summed E-state index contributed by atoms with van der Waals surface area (Å²) in [6.07, 6.45) is 1.73. The first-order chi connectivity index (χ1) is 7.96. The molecule has 0 aliphatic heterocycles. The molecule has 0 bridgehead atoms. The van der Waals surface area contributed by atoms with Gasteiger partial charge in [-0.1, -0.05) is 0 Å². The van der Waals surface area contributed by atoms with E-state index >= 15 is 0 Å². The second-order valence-electron chi connectivity index (χ2n) is 4.63. The molecule has 0 saturated heterocycles. The predicted octanol–water partition coefficient (Wildman–Crippen LogP) is 3.57. The standard InChI is InChI=1S/C11H13BrN4S/c1-11(2,3)15-10-14-9(16-17-10)8-7(12)5-4-6-13-8/h4-6H,1-3H3,(H,14,15,16). The molecule has 0 aromatic carbocycles. The number of aromatic nitrogens is 3. The van der Waals surface area contributed by atoms with E-state index in [9.17, 15) is 0 Å². The van der Waals surface area contributed by atoms with Crippen molar-refractivity contribution in [2.45, 2.75) is 26.3 Å². The van der Waals surface area contributed by atoms with Crippen LogP contribution in [0.15, 0.2) is 22.8 Å². The molecule has 4 nitrogen and oxygen atoms in total. The van der Waals surface area contributed by atoms with Crippen LogP contribution >= 0.6 is 27.5 Å². The Bertz CT molecular complexity index is 518. The molecule has 0 atom stereocenters. The lowest BCUT2D eigenvalue weighted by molar-refractivity contribution is 0.633. The van der Waals surface area contributed by atoms with Crippen molar-refractivity contribution in [1.29, 1.82) is 0 Å². The molecule has 2 heterocycles. The smallest absolute Gasteiger partial charge is 0.203 e. The van der Waals surface area contributed by atoms with Crippen LogP contribution in [-0.2, 0) is 0 Å². The second-order valence-corrected chi connectivity index (χ2v) is 6.24. The van der Waals surface area contributed by atoms with E-state index in [0.717, 1.165) is 15.3 Å². The van der Waals surface area contributed by atoms with Crippen LogP contribution in [0.2, 0.25) is 0 Å². The lowest BCUT2D eigenvalue weighted by Gasteiger charge is -2.18. The Balaban J connectivity index is 2.28. The molecular formula is C11H13BrN4S. The Morgan fingerprint density at radius 1 is 1.35 bits per heavy atom. The summed E-state index contributed by atoms with van der Waals surface area (Å²) in [7, 11) is 0. The molecule has 1 N–H and O–H groups in total. The molecule has 0 radical (unpaired) electrons. The van der Waals surface area contributed by atoms with Crippen LogP contribution in [0, 0.1) is 0 Å². The van der Waals surface area contributed by atoms with Gasteiger partial charge in [-0.2, -0.15) is 9.36 Å². The first-order valence-corrected chi connectivity index (χ1v) is 6.75. The molecule has 0 aliphatic carbocycles. The van der Waals surface area contributed by atoms with Gasteiger partial charge in [-0.15, -0.1) is 0 Å². The van der Waals surface area contributed by atoms with Crippen molar-refractivity contribution in [2.75, 3.05) is 5.32 Å². The SMILES string of the molecule is CC(C)(C)Nc1nc(-c2ncccc2Br)ns1. The number of anilines is 1. The van der Waals surface area contributed by atoms with Crippen molar-refractivity contribution in [3.8, 4) is 11.5 Å². The first kappa shape index (κ1) is 12.4. The van der Waals surface area contributed by atoms with Crippen molar-refractivity contribution in [3.63, 3.8) is 0 Å². The average molecular weight is 313 g/mol. The van der Waals surface area contributed by atoms with E-state index < -0.39 is 0 Å². The quantitative estimate of drug-likeness (QED) is 0.921. The molecule has 2 aromatic rings. The summed E-state index contributed by atoms with van der Waals surface area (Å²) in [5.41, 5.74) is 0.753. The molecule has 90 valence electrons. The van der Waals surface area contributed by atoms with Gasteiger partial charge in [0.05, 0.1) is 0 Å². The molecular weight excluding hydrogens is 300 g/mol. The topological polar surface area (TPSA) is 50.7 Å². The number of hydrogen-bond donors (Lipinski definition) is 1. The maximum atomic E-state index is 4.43. The van der Waals surface area contributed by atoms with Gasteiger partial charge in [0.1, 0.15) is 5.69 Å². The van der Waals surface area contributed by atoms with Gasteiger partial charge in [-0.25, -0.2) is 0 Å². The Morgan fingerprint density at radius 2 is 2.12 bits per heavy atom. The van der Waals surface area contributed by atoms with Crippen molar-refractivity contribution in [2.24, 2.45) is 0 Å². The first-order valence-electron chi connectivity index (χ1n) is 5.18. The number of halogens is 1. The third-order valence-electron chi connectivity index (χ3n) is 1.88. The lowest BCUT2D eigenvalue weighted by Crippen LogP contribution is -2.25. The summed E-state index contributed by atoms with van der Waals surface area (Å²) < 4.78 is 5.21. The van der Waals surface area contributed by atoms with E-state index in [1.807, 2.05) is 12.1 Å². The largest absolute Gasteiger partial charge is 0.356 e. The highest BCUT2D eigenvalue weighted by atomic mass is 79.9. The normalized spacial score (nSPS) is 11.5. The van der Waals surface area contributed by atoms with E-state index in [-0.39, 0.29) is 5.54 Å². The third kappa shape index (κ3) is 3.23. The highest BCUT2D eigenvalue weighted by molar-refractivity contribution is 9.10. The fourth-order valence-electron chi connectivity index (χ4n) is 1.24. The summed E-state index contributed by atoms with van der Waals surface area (Å²) in [4.78, 5) is 8.70. The van der Waals surface area contributed by atoms with Crippen LogP contribution in [0.3, 0.4) is 0 Å². The van der Waals surface area contributed by atoms with Gasteiger partial charge in [-0.05, 0) is 48.8 Å². The van der Waals surface area contributed by atoms with Crippen LogP contribution in [0.25, 0.3) is 11.5 Å². The summed E-state index contributed by atoms with van der Waals surface area (Å²) in [6.45, 7) is 6.26. The summed E-state index contributed by atoms with van der Waals surface area (Å²) >= 11 is 4.79. The molecule has 2 aromatic heterocycles. The van der Waals surface area contributed by atoms with Crippen molar-refractivity contribution in [3.05, 3.63) is 22.8 Å². The van der Waals surface area contributed by atoms with Gasteiger partial charge in [-0.3, -0.25) is 4.98 Å². The molecule has 0 saturated carbocycles. The van der Waals surface area contributed by atoms with E-state index in [1.54, 1.807) is 6.20 Å². The average Bonchev–Trinajstić information content (AvgIpc) is 2.64. The monoisotopic (exact) mass is 312 g/mol. The minimum absolute atomic E-state index is 0.0157. The van der Waals surface area contributed by atoms with Crippen LogP contribution < -0.4 is 5.32 Å². The summed E-state index contributed by atoms with van der Waals surface area (Å²) in [6, 6.07) is 3.80. The van der Waals surface area contributed by atoms with E-state index in [1.165, 1.54) is 11.5 Å². The third-order valence-corrected chi connectivity index (χ3v) is 3.15. The highest BCUT2D eigenvalue weighted by Crippen LogP contribution is 2.26. The number of nitrogens with one attached hydrogen (secondary N) is 1. The predicted molar refractivity (Wildman–Crippen MR) is 74.2 cm³/mol. The van der Waals surface area contributed by atoms with Gasteiger partial charge in [0.2, 0.25) is 5.13 Å². The fourth-order valence-corrected chi connectivity index (χ4v) is 2.45. The molecule has 2 rings (SSSR count). The number of pyridine rings is 1. The molecule has 0 unspecified atom stereocenters. The summed E-state index contributed by atoms with van der Waals surface area (Å²) in [5, 5.41) is 4.10. The molecule has 0 spiro atoms. The van der Waals surface area contributed by atoms with Gasteiger partial charge < -0.3 is 5.32 Å². The van der Waals surface area contributed by atoms with Crippen LogP contribution in [-0.4, -0.2) is 19.9 Å². The van der Waals surface area contributed by atoms with Gasteiger partial charge in [0.25, 0.3) is 0 Å². The molecule has 0 amide bonds. The lowest BCUT2D eigenvalue weighted by atomic mass is 10.1. The maximum absolute atomic E-state index is 4.43. The fraction of sp³-hybridized carbons (Fsp3) is 0.364. The zero-order valence-electron chi connectivity index (χ0n) is 9.86. The Morgan fingerprint density at radius 3 is 2.76 bits per heavy atom. The maximum Gasteiger partial charge on any atom is 0.203 e. The molecule has 0 fully saturated rings. The molecule has 0 aliphatic rings. The van der Waals surface area contributed by atoms with Crippen molar-refractivity contribution in [1.82, 2.24) is 14.3 Å². The number of hydrogen-bond acceptors (Lipinski definition) is 5. The Kier molecular flexibility index (Phi) is 3.44. The minimum Gasteiger partial charge on any atom is -0.356 e. The van der Waals surface area contributed by atoms with Crippen LogP contribution in [0.1, 0.15) is 20.8 Å². The molecule has 6 heteroatoms. The minimum atomic E-state index is -0.0157. The highest BCUT2D eigenvalue weighted by Gasteiger charge is 2.15. The van der Waals surface area contributed by atoms with Gasteiger partial charge >= 0.3 is 0 Å². The Labute approximate surface area is 113 Å². The van der Waals surface area contributed by atoms with E-state index in [4.69, 9.17) is 0 Å². The zero-order valence-corrected chi connectivity index (χ0v) is 12.3. The Hall–Kier alpha value is -1.01. The van der Waals surface area contributed by atoms with Crippen molar-refractivity contribution >= 4 is 32.6 Å². The molecule has 17 heavy (non-hydrogen) atoms. The van der Waals surface area contributed by atoms with Crippen molar-refractivity contribution < 1.29 is 0 Å². The summed E-state index contributed by atoms with van der Waals surface area (Å²) in [5.74, 6) is 0.647. The van der Waals surface area contributed by atoms with E-state index in [0.29, 0.717) is 5.82 Å². The van der Waals surface area contributed by atoms with Crippen LogP contribution in [0.4, 0.5) is 5.13 Å². The van der Waals surface area contributed by atoms with Gasteiger partial charge in [0, 0.05) is 27.7 Å². The zero-order chi connectivity index (χ0) is 12.5. The van der Waals surface area contributed by atoms with Gasteiger partial charge in [0.15, 0.2) is 5.82 Å². The van der Waals surface area contributed by atoms with E-state index in [2.05, 4.69) is 56.4 Å². The number of nitrogens with zero attached hydrogens (tertiary/aromatic N) is 3.